The van der Waals surface area contributed by atoms with Crippen molar-refractivity contribution in [3.05, 3.63) is 0 Å². The van der Waals surface area contributed by atoms with Crippen LogP contribution in [0.3, 0.4) is 0 Å². The van der Waals surface area contributed by atoms with Crippen LogP contribution in [0.1, 0.15) is 47.0 Å². The number of nitrogens with one attached hydrogen (secondary N) is 1. The number of amides is 1. The molecule has 0 aliphatic carbocycles. The molecule has 0 aromatic carbocycles. The minimum Gasteiger partial charge on any atom is -0.388 e. The second kappa shape index (κ2) is 6.21. The lowest BCUT2D eigenvalue weighted by atomic mass is 10.00. The third kappa shape index (κ3) is 6.80. The SMILES string of the molecule is CCCC(C)(O)CNC(=O)CC(C)(C)OC. The molecule has 96 valence electrons. The second-order valence-electron chi connectivity index (χ2n) is 5.16. The maximum absolute atomic E-state index is 11.6. The first-order chi connectivity index (χ1) is 7.22. The van der Waals surface area contributed by atoms with Gasteiger partial charge < -0.3 is 15.2 Å². The largest absolute Gasteiger partial charge is 0.388 e. The van der Waals surface area contributed by atoms with Gasteiger partial charge in [-0.2, -0.15) is 0 Å². The van der Waals surface area contributed by atoms with E-state index in [0.717, 1.165) is 6.42 Å². The summed E-state index contributed by atoms with van der Waals surface area (Å²) in [5.74, 6) is -0.0942. The molecule has 0 radical (unpaired) electrons. The van der Waals surface area contributed by atoms with Gasteiger partial charge in [0.1, 0.15) is 0 Å². The second-order valence-corrected chi connectivity index (χ2v) is 5.16. The van der Waals surface area contributed by atoms with Crippen LogP contribution in [0.4, 0.5) is 0 Å². The van der Waals surface area contributed by atoms with Crippen LogP contribution in [0, 0.1) is 0 Å². The fourth-order valence-electron chi connectivity index (χ4n) is 1.44. The molecule has 4 heteroatoms. The van der Waals surface area contributed by atoms with Crippen molar-refractivity contribution < 1.29 is 14.6 Å². The standard InChI is InChI=1S/C12H25NO3/c1-6-7-12(4,15)9-13-10(14)8-11(2,3)16-5/h15H,6-9H2,1-5H3,(H,13,14). The molecule has 0 spiro atoms. The van der Waals surface area contributed by atoms with Crippen LogP contribution in [0.15, 0.2) is 0 Å². The van der Waals surface area contributed by atoms with Gasteiger partial charge in [-0.1, -0.05) is 13.3 Å². The lowest BCUT2D eigenvalue weighted by Gasteiger charge is -2.25. The molecule has 0 fully saturated rings. The minimum atomic E-state index is -0.818. The summed E-state index contributed by atoms with van der Waals surface area (Å²) in [6.07, 6.45) is 1.87. The number of rotatable bonds is 7. The summed E-state index contributed by atoms with van der Waals surface area (Å²) in [6, 6.07) is 0. The first kappa shape index (κ1) is 15.4. The van der Waals surface area contributed by atoms with Gasteiger partial charge in [-0.05, 0) is 27.2 Å². The molecule has 0 saturated carbocycles. The van der Waals surface area contributed by atoms with Crippen molar-refractivity contribution >= 4 is 5.91 Å². The van der Waals surface area contributed by atoms with E-state index >= 15 is 0 Å². The van der Waals surface area contributed by atoms with Crippen LogP contribution in [0.25, 0.3) is 0 Å². The van der Waals surface area contributed by atoms with E-state index in [4.69, 9.17) is 4.74 Å². The van der Waals surface area contributed by atoms with Gasteiger partial charge in [0.25, 0.3) is 0 Å². The Morgan fingerprint density at radius 2 is 1.94 bits per heavy atom. The van der Waals surface area contributed by atoms with Crippen molar-refractivity contribution in [3.63, 3.8) is 0 Å². The van der Waals surface area contributed by atoms with Crippen LogP contribution in [-0.4, -0.2) is 35.9 Å². The van der Waals surface area contributed by atoms with Crippen molar-refractivity contribution in [2.75, 3.05) is 13.7 Å². The Morgan fingerprint density at radius 3 is 2.38 bits per heavy atom. The zero-order chi connectivity index (χ0) is 12.8. The highest BCUT2D eigenvalue weighted by molar-refractivity contribution is 5.77. The van der Waals surface area contributed by atoms with Crippen LogP contribution in [0.5, 0.6) is 0 Å². The van der Waals surface area contributed by atoms with Gasteiger partial charge in [-0.15, -0.1) is 0 Å². The Hall–Kier alpha value is -0.610. The van der Waals surface area contributed by atoms with Gasteiger partial charge in [0.2, 0.25) is 5.91 Å². The molecule has 1 atom stereocenters. The first-order valence-electron chi connectivity index (χ1n) is 5.76. The molecular formula is C12H25NO3. The Kier molecular flexibility index (Phi) is 5.97. The molecular weight excluding hydrogens is 206 g/mol. The van der Waals surface area contributed by atoms with Gasteiger partial charge in [0.15, 0.2) is 0 Å². The van der Waals surface area contributed by atoms with E-state index < -0.39 is 11.2 Å². The molecule has 2 N–H and O–H groups in total. The van der Waals surface area contributed by atoms with Gasteiger partial charge in [-0.3, -0.25) is 4.79 Å². The highest BCUT2D eigenvalue weighted by atomic mass is 16.5. The van der Waals surface area contributed by atoms with Crippen molar-refractivity contribution in [1.29, 1.82) is 0 Å². The molecule has 0 aliphatic rings. The molecule has 0 aromatic heterocycles. The van der Waals surface area contributed by atoms with Crippen LogP contribution in [0.2, 0.25) is 0 Å². The Bertz CT molecular complexity index is 224. The van der Waals surface area contributed by atoms with Crippen molar-refractivity contribution in [2.45, 2.75) is 58.2 Å². The molecule has 0 heterocycles. The van der Waals surface area contributed by atoms with E-state index in [2.05, 4.69) is 5.32 Å². The van der Waals surface area contributed by atoms with Gasteiger partial charge >= 0.3 is 0 Å². The lowest BCUT2D eigenvalue weighted by molar-refractivity contribution is -0.127. The van der Waals surface area contributed by atoms with E-state index in [-0.39, 0.29) is 5.91 Å². The lowest BCUT2D eigenvalue weighted by Crippen LogP contribution is -2.42. The molecule has 1 amide bonds. The van der Waals surface area contributed by atoms with E-state index in [1.807, 2.05) is 20.8 Å². The number of ether oxygens (including phenoxy) is 1. The summed E-state index contributed by atoms with van der Waals surface area (Å²) in [5.41, 5.74) is -1.28. The third-order valence-corrected chi connectivity index (χ3v) is 2.59. The van der Waals surface area contributed by atoms with E-state index in [0.29, 0.717) is 19.4 Å². The Morgan fingerprint density at radius 1 is 1.38 bits per heavy atom. The number of hydrogen-bond acceptors (Lipinski definition) is 3. The monoisotopic (exact) mass is 231 g/mol. The predicted octanol–water partition coefficient (Wildman–Crippen LogP) is 1.47. The smallest absolute Gasteiger partial charge is 0.222 e. The fraction of sp³-hybridized carbons (Fsp3) is 0.917. The summed E-state index contributed by atoms with van der Waals surface area (Å²) in [7, 11) is 1.58. The molecule has 0 saturated heterocycles. The van der Waals surface area contributed by atoms with Crippen molar-refractivity contribution in [1.82, 2.24) is 5.32 Å². The predicted molar refractivity (Wildman–Crippen MR) is 64.2 cm³/mol. The van der Waals surface area contributed by atoms with Crippen LogP contribution in [-0.2, 0) is 9.53 Å². The number of carbonyl (C=O) groups is 1. The third-order valence-electron chi connectivity index (χ3n) is 2.59. The number of methoxy groups -OCH3 is 1. The molecule has 0 aromatic rings. The molecule has 0 bridgehead atoms. The van der Waals surface area contributed by atoms with Crippen LogP contribution < -0.4 is 5.32 Å². The summed E-state index contributed by atoms with van der Waals surface area (Å²) >= 11 is 0. The summed E-state index contributed by atoms with van der Waals surface area (Å²) < 4.78 is 5.16. The molecule has 0 rings (SSSR count). The first-order valence-corrected chi connectivity index (χ1v) is 5.76. The maximum atomic E-state index is 11.6. The summed E-state index contributed by atoms with van der Waals surface area (Å²) in [4.78, 5) is 11.6. The molecule has 16 heavy (non-hydrogen) atoms. The topological polar surface area (TPSA) is 58.6 Å². The zero-order valence-electron chi connectivity index (χ0n) is 11.1. The average Bonchev–Trinajstić information content (AvgIpc) is 2.14. The van der Waals surface area contributed by atoms with E-state index in [9.17, 15) is 9.90 Å². The zero-order valence-corrected chi connectivity index (χ0v) is 11.1. The quantitative estimate of drug-likeness (QED) is 0.697. The van der Waals surface area contributed by atoms with E-state index in [1.54, 1.807) is 14.0 Å². The highest BCUT2D eigenvalue weighted by Gasteiger charge is 2.24. The fourth-order valence-corrected chi connectivity index (χ4v) is 1.44. The summed E-state index contributed by atoms with van der Waals surface area (Å²) in [5, 5.41) is 12.6. The minimum absolute atomic E-state index is 0.0942. The van der Waals surface area contributed by atoms with Gasteiger partial charge in [0, 0.05) is 13.7 Å². The summed E-state index contributed by atoms with van der Waals surface area (Å²) in [6.45, 7) is 7.75. The molecule has 4 nitrogen and oxygen atoms in total. The van der Waals surface area contributed by atoms with Crippen LogP contribution >= 0.6 is 0 Å². The Balaban J connectivity index is 3.99. The van der Waals surface area contributed by atoms with Gasteiger partial charge in [-0.25, -0.2) is 0 Å². The maximum Gasteiger partial charge on any atom is 0.222 e. The highest BCUT2D eigenvalue weighted by Crippen LogP contribution is 2.13. The molecule has 0 aliphatic heterocycles. The number of aliphatic hydroxyl groups is 1. The Labute approximate surface area is 98.4 Å². The molecule has 1 unspecified atom stereocenters. The normalized spacial score (nSPS) is 15.6. The van der Waals surface area contributed by atoms with Crippen molar-refractivity contribution in [2.24, 2.45) is 0 Å². The van der Waals surface area contributed by atoms with Crippen molar-refractivity contribution in [3.8, 4) is 0 Å². The average molecular weight is 231 g/mol. The number of hydrogen-bond donors (Lipinski definition) is 2. The van der Waals surface area contributed by atoms with Gasteiger partial charge in [0.05, 0.1) is 17.6 Å². The van der Waals surface area contributed by atoms with E-state index in [1.165, 1.54) is 0 Å². The number of carbonyl (C=O) groups excluding carboxylic acids is 1.